The third kappa shape index (κ3) is 3.39. The maximum Gasteiger partial charge on any atom is 0.332 e. The molecule has 1 fully saturated rings. The predicted molar refractivity (Wildman–Crippen MR) is 95.6 cm³/mol. The summed E-state index contributed by atoms with van der Waals surface area (Å²) in [6, 6.07) is 7.03. The summed E-state index contributed by atoms with van der Waals surface area (Å²) >= 11 is 0. The molecule has 1 aliphatic rings. The fourth-order valence-electron chi connectivity index (χ4n) is 3.30. The van der Waals surface area contributed by atoms with Gasteiger partial charge in [0, 0.05) is 32.2 Å². The lowest BCUT2D eigenvalue weighted by atomic mass is 10.1. The number of aromatic nitrogens is 2. The van der Waals surface area contributed by atoms with Crippen LogP contribution in [0.25, 0.3) is 0 Å². The van der Waals surface area contributed by atoms with E-state index >= 15 is 0 Å². The van der Waals surface area contributed by atoms with Crippen LogP contribution in [0.3, 0.4) is 0 Å². The number of halogens is 1. The molecule has 1 atom stereocenters. The molecule has 7 nitrogen and oxygen atoms in total. The van der Waals surface area contributed by atoms with Gasteiger partial charge in [0.25, 0.3) is 5.56 Å². The fourth-order valence-corrected chi connectivity index (χ4v) is 3.30. The van der Waals surface area contributed by atoms with Gasteiger partial charge in [-0.3, -0.25) is 13.9 Å². The van der Waals surface area contributed by atoms with Crippen LogP contribution in [-0.4, -0.2) is 28.3 Å². The molecule has 136 valence electrons. The van der Waals surface area contributed by atoms with Gasteiger partial charge in [-0.1, -0.05) is 0 Å². The van der Waals surface area contributed by atoms with E-state index in [1.807, 2.05) is 11.0 Å². The Balaban J connectivity index is 2.02. The summed E-state index contributed by atoms with van der Waals surface area (Å²) < 4.78 is 15.9. The van der Waals surface area contributed by atoms with Crippen molar-refractivity contribution in [2.75, 3.05) is 18.0 Å². The summed E-state index contributed by atoms with van der Waals surface area (Å²) in [5.74, 6) is -0.00561. The molecule has 1 aliphatic heterocycles. The van der Waals surface area contributed by atoms with E-state index in [4.69, 9.17) is 11.0 Å². The SMILES string of the molecule is Cn1c(N2CCC[C@@H](N)C2)cc(=O)n(Cc2cc(F)ccc2C#N)c1=O. The van der Waals surface area contributed by atoms with E-state index in [0.717, 1.165) is 24.0 Å². The second-order valence-corrected chi connectivity index (χ2v) is 6.53. The molecule has 8 heteroatoms. The minimum absolute atomic E-state index is 0.00626. The van der Waals surface area contributed by atoms with Gasteiger partial charge >= 0.3 is 5.69 Å². The van der Waals surface area contributed by atoms with Crippen molar-refractivity contribution in [3.05, 3.63) is 62.0 Å². The zero-order valence-electron chi connectivity index (χ0n) is 14.5. The maximum atomic E-state index is 13.5. The van der Waals surface area contributed by atoms with Crippen LogP contribution in [0.15, 0.2) is 33.9 Å². The van der Waals surface area contributed by atoms with Crippen molar-refractivity contribution < 1.29 is 4.39 Å². The zero-order chi connectivity index (χ0) is 18.8. The van der Waals surface area contributed by atoms with Crippen LogP contribution in [0.5, 0.6) is 0 Å². The third-order valence-corrected chi connectivity index (χ3v) is 4.68. The van der Waals surface area contributed by atoms with Gasteiger partial charge in [0.1, 0.15) is 11.6 Å². The quantitative estimate of drug-likeness (QED) is 0.864. The summed E-state index contributed by atoms with van der Waals surface area (Å²) in [7, 11) is 1.59. The van der Waals surface area contributed by atoms with Crippen LogP contribution < -0.4 is 21.9 Å². The van der Waals surface area contributed by atoms with Gasteiger partial charge < -0.3 is 10.6 Å². The Kier molecular flexibility index (Phi) is 4.91. The summed E-state index contributed by atoms with van der Waals surface area (Å²) in [6.45, 7) is 1.15. The van der Waals surface area contributed by atoms with Crippen molar-refractivity contribution >= 4 is 5.82 Å². The average Bonchev–Trinajstić information content (AvgIpc) is 2.62. The third-order valence-electron chi connectivity index (χ3n) is 4.68. The smallest absolute Gasteiger partial charge is 0.332 e. The van der Waals surface area contributed by atoms with E-state index in [1.165, 1.54) is 28.8 Å². The Morgan fingerprint density at radius 1 is 1.35 bits per heavy atom. The molecule has 2 heterocycles. The molecule has 26 heavy (non-hydrogen) atoms. The molecule has 0 unspecified atom stereocenters. The van der Waals surface area contributed by atoms with Crippen molar-refractivity contribution in [1.82, 2.24) is 9.13 Å². The van der Waals surface area contributed by atoms with Gasteiger partial charge in [0.15, 0.2) is 0 Å². The monoisotopic (exact) mass is 357 g/mol. The maximum absolute atomic E-state index is 13.5. The fraction of sp³-hybridized carbons (Fsp3) is 0.389. The highest BCUT2D eigenvalue weighted by molar-refractivity contribution is 5.40. The minimum Gasteiger partial charge on any atom is -0.356 e. The van der Waals surface area contributed by atoms with E-state index in [2.05, 4.69) is 0 Å². The Morgan fingerprint density at radius 2 is 2.12 bits per heavy atom. The molecule has 1 aromatic carbocycles. The van der Waals surface area contributed by atoms with E-state index in [1.54, 1.807) is 7.05 Å². The number of hydrogen-bond donors (Lipinski definition) is 1. The summed E-state index contributed by atoms with van der Waals surface area (Å²) in [4.78, 5) is 27.2. The summed E-state index contributed by atoms with van der Waals surface area (Å²) in [5.41, 5.74) is 5.50. The molecule has 1 saturated heterocycles. The molecular weight excluding hydrogens is 337 g/mol. The van der Waals surface area contributed by atoms with Gasteiger partial charge in [0.05, 0.1) is 18.2 Å². The molecule has 3 rings (SSSR count). The molecule has 0 aliphatic carbocycles. The molecule has 0 bridgehead atoms. The number of piperidine rings is 1. The molecule has 0 spiro atoms. The molecular formula is C18H20FN5O2. The summed E-state index contributed by atoms with van der Waals surface area (Å²) in [6.07, 6.45) is 1.81. The van der Waals surface area contributed by atoms with Gasteiger partial charge in [-0.05, 0) is 36.6 Å². The molecule has 0 amide bonds. The second kappa shape index (κ2) is 7.14. The first kappa shape index (κ1) is 17.9. The normalized spacial score (nSPS) is 17.2. The van der Waals surface area contributed by atoms with Crippen molar-refractivity contribution in [1.29, 1.82) is 5.26 Å². The average molecular weight is 357 g/mol. The van der Waals surface area contributed by atoms with Gasteiger partial charge in [-0.25, -0.2) is 9.18 Å². The van der Waals surface area contributed by atoms with Crippen LogP contribution in [-0.2, 0) is 13.6 Å². The highest BCUT2D eigenvalue weighted by atomic mass is 19.1. The molecule has 0 saturated carbocycles. The first-order valence-electron chi connectivity index (χ1n) is 8.40. The second-order valence-electron chi connectivity index (χ2n) is 6.53. The topological polar surface area (TPSA) is 97.0 Å². The first-order chi connectivity index (χ1) is 12.4. The van der Waals surface area contributed by atoms with Crippen molar-refractivity contribution in [3.63, 3.8) is 0 Å². The van der Waals surface area contributed by atoms with Crippen LogP contribution in [0.4, 0.5) is 10.2 Å². The van der Waals surface area contributed by atoms with Crippen LogP contribution in [0, 0.1) is 17.1 Å². The van der Waals surface area contributed by atoms with Gasteiger partial charge in [-0.2, -0.15) is 5.26 Å². The molecule has 2 N–H and O–H groups in total. The van der Waals surface area contributed by atoms with Crippen LogP contribution >= 0.6 is 0 Å². The molecule has 0 radical (unpaired) electrons. The highest BCUT2D eigenvalue weighted by Gasteiger charge is 2.21. The van der Waals surface area contributed by atoms with Crippen molar-refractivity contribution in [2.24, 2.45) is 12.8 Å². The summed E-state index contributed by atoms with van der Waals surface area (Å²) in [5, 5.41) is 9.16. The largest absolute Gasteiger partial charge is 0.356 e. The number of anilines is 1. The number of rotatable bonds is 3. The molecule has 2 aromatic rings. The predicted octanol–water partition coefficient (Wildman–Crippen LogP) is 0.534. The number of nitrogens with two attached hydrogens (primary N) is 1. The first-order valence-corrected chi connectivity index (χ1v) is 8.40. The lowest BCUT2D eigenvalue weighted by Crippen LogP contribution is -2.47. The van der Waals surface area contributed by atoms with E-state index in [0.29, 0.717) is 17.9 Å². The standard InChI is InChI=1S/C18H20FN5O2/c1-22-16(23-6-2-3-15(21)11-23)8-17(25)24(18(22)26)10-13-7-14(19)5-4-12(13)9-20/h4-5,7-8,15H,2-3,6,10-11,21H2,1H3/t15-/m1/s1. The van der Waals surface area contributed by atoms with Crippen LogP contribution in [0.1, 0.15) is 24.0 Å². The lowest BCUT2D eigenvalue weighted by molar-refractivity contribution is 0.493. The van der Waals surface area contributed by atoms with Crippen molar-refractivity contribution in [3.8, 4) is 6.07 Å². The van der Waals surface area contributed by atoms with E-state index in [9.17, 15) is 14.0 Å². The van der Waals surface area contributed by atoms with E-state index < -0.39 is 17.1 Å². The Morgan fingerprint density at radius 3 is 2.81 bits per heavy atom. The van der Waals surface area contributed by atoms with Gasteiger partial charge in [-0.15, -0.1) is 0 Å². The number of hydrogen-bond acceptors (Lipinski definition) is 5. The van der Waals surface area contributed by atoms with Gasteiger partial charge in [0.2, 0.25) is 0 Å². The highest BCUT2D eigenvalue weighted by Crippen LogP contribution is 2.16. The minimum atomic E-state index is -0.525. The number of benzene rings is 1. The Labute approximate surface area is 149 Å². The number of nitrogens with zero attached hydrogens (tertiary/aromatic N) is 4. The Bertz CT molecular complexity index is 989. The van der Waals surface area contributed by atoms with Crippen LogP contribution in [0.2, 0.25) is 0 Å². The van der Waals surface area contributed by atoms with E-state index in [-0.39, 0.29) is 18.2 Å². The number of nitriles is 1. The molecule has 1 aromatic heterocycles. The zero-order valence-corrected chi connectivity index (χ0v) is 14.5. The van der Waals surface area contributed by atoms with Crippen molar-refractivity contribution in [2.45, 2.75) is 25.4 Å². The Hall–Kier alpha value is -2.92. The lowest BCUT2D eigenvalue weighted by Gasteiger charge is -2.33.